The number of hydrogen-bond donors (Lipinski definition) is 2. The molecule has 0 fully saturated rings. The molecule has 2 heteroatoms. The van der Waals surface area contributed by atoms with Gasteiger partial charge in [0.1, 0.15) is 0 Å². The van der Waals surface area contributed by atoms with Crippen LogP contribution in [-0.4, -0.2) is 4.98 Å². The Morgan fingerprint density at radius 3 is 2.63 bits per heavy atom. The minimum absolute atomic E-state index is 0.548. The van der Waals surface area contributed by atoms with E-state index in [-0.39, 0.29) is 0 Å². The van der Waals surface area contributed by atoms with Crippen LogP contribution in [0.2, 0.25) is 0 Å². The van der Waals surface area contributed by atoms with Crippen molar-refractivity contribution in [3.05, 3.63) is 59.2 Å². The maximum atomic E-state index is 5.97. The number of nitrogens with two attached hydrogens (primary N) is 1. The molecule has 3 aromatic rings. The maximum absolute atomic E-state index is 5.97. The van der Waals surface area contributed by atoms with Gasteiger partial charge in [-0.25, -0.2) is 0 Å². The van der Waals surface area contributed by atoms with E-state index in [4.69, 9.17) is 5.73 Å². The van der Waals surface area contributed by atoms with Crippen LogP contribution in [0.15, 0.2) is 42.5 Å². The summed E-state index contributed by atoms with van der Waals surface area (Å²) in [7, 11) is 0. The molecule has 0 aliphatic heterocycles. The summed E-state index contributed by atoms with van der Waals surface area (Å²) >= 11 is 0. The Morgan fingerprint density at radius 1 is 1.05 bits per heavy atom. The average molecular weight is 250 g/mol. The van der Waals surface area contributed by atoms with Crippen LogP contribution in [-0.2, 0) is 6.54 Å². The van der Waals surface area contributed by atoms with Crippen molar-refractivity contribution in [2.75, 3.05) is 0 Å². The van der Waals surface area contributed by atoms with Crippen LogP contribution in [0.25, 0.3) is 22.2 Å². The molecule has 0 atom stereocenters. The lowest BCUT2D eigenvalue weighted by Gasteiger charge is -2.08. The Morgan fingerprint density at radius 2 is 1.84 bits per heavy atom. The highest BCUT2D eigenvalue weighted by molar-refractivity contribution is 5.91. The summed E-state index contributed by atoms with van der Waals surface area (Å²) in [6.07, 6.45) is 0. The smallest absolute Gasteiger partial charge is 0.0513 e. The normalized spacial score (nSPS) is 11.1. The van der Waals surface area contributed by atoms with Gasteiger partial charge in [-0.05, 0) is 37.1 Å². The molecule has 96 valence electrons. The van der Waals surface area contributed by atoms with Gasteiger partial charge in [-0.15, -0.1) is 0 Å². The Labute approximate surface area is 113 Å². The molecule has 0 unspecified atom stereocenters. The number of nitrogens with one attached hydrogen (secondary N) is 1. The molecule has 0 amide bonds. The highest BCUT2D eigenvalue weighted by Gasteiger charge is 2.13. The summed E-state index contributed by atoms with van der Waals surface area (Å²) in [6.45, 7) is 4.81. The molecule has 2 aromatic carbocycles. The zero-order chi connectivity index (χ0) is 13.4. The Balaban J connectivity index is 2.33. The summed E-state index contributed by atoms with van der Waals surface area (Å²) in [5.74, 6) is 0. The van der Waals surface area contributed by atoms with E-state index in [2.05, 4.69) is 55.2 Å². The summed E-state index contributed by atoms with van der Waals surface area (Å²) in [4.78, 5) is 3.52. The monoisotopic (exact) mass is 250 g/mol. The van der Waals surface area contributed by atoms with Crippen molar-refractivity contribution in [2.24, 2.45) is 5.73 Å². The van der Waals surface area contributed by atoms with E-state index in [0.29, 0.717) is 6.54 Å². The second-order valence-electron chi connectivity index (χ2n) is 5.05. The van der Waals surface area contributed by atoms with Crippen LogP contribution < -0.4 is 5.73 Å². The van der Waals surface area contributed by atoms with Crippen LogP contribution in [0.4, 0.5) is 0 Å². The van der Waals surface area contributed by atoms with E-state index < -0.39 is 0 Å². The molecule has 0 aliphatic carbocycles. The first kappa shape index (κ1) is 12.0. The number of aromatic nitrogens is 1. The van der Waals surface area contributed by atoms with E-state index in [9.17, 15) is 0 Å². The number of hydrogen-bond acceptors (Lipinski definition) is 1. The number of para-hydroxylation sites is 1. The van der Waals surface area contributed by atoms with Gasteiger partial charge < -0.3 is 10.7 Å². The zero-order valence-electron chi connectivity index (χ0n) is 11.3. The minimum Gasteiger partial charge on any atom is -0.354 e. The first-order valence-electron chi connectivity index (χ1n) is 6.58. The van der Waals surface area contributed by atoms with E-state index in [0.717, 1.165) is 11.2 Å². The van der Waals surface area contributed by atoms with Crippen molar-refractivity contribution < 1.29 is 0 Å². The van der Waals surface area contributed by atoms with E-state index >= 15 is 0 Å². The highest BCUT2D eigenvalue weighted by atomic mass is 14.7. The van der Waals surface area contributed by atoms with Crippen LogP contribution in [0.3, 0.4) is 0 Å². The predicted octanol–water partition coefficient (Wildman–Crippen LogP) is 3.91. The van der Waals surface area contributed by atoms with Crippen molar-refractivity contribution in [1.82, 2.24) is 4.98 Å². The first-order chi connectivity index (χ1) is 9.20. The van der Waals surface area contributed by atoms with Crippen molar-refractivity contribution in [2.45, 2.75) is 20.4 Å². The standard InChI is InChI=1S/C17H18N2/c1-11-7-8-12(2)14(9-11)17-15(10-18)13-5-3-4-6-16(13)19-17/h3-9,19H,10,18H2,1-2H3. The van der Waals surface area contributed by atoms with Gasteiger partial charge in [0, 0.05) is 23.0 Å². The molecule has 2 nitrogen and oxygen atoms in total. The summed E-state index contributed by atoms with van der Waals surface area (Å²) in [5.41, 5.74) is 13.3. The Kier molecular flexibility index (Phi) is 2.88. The summed E-state index contributed by atoms with van der Waals surface area (Å²) < 4.78 is 0. The Bertz CT molecular complexity index is 738. The highest BCUT2D eigenvalue weighted by Crippen LogP contribution is 2.32. The molecular weight excluding hydrogens is 232 g/mol. The fourth-order valence-electron chi connectivity index (χ4n) is 2.65. The Hall–Kier alpha value is -2.06. The number of aryl methyl sites for hydroxylation is 2. The van der Waals surface area contributed by atoms with Gasteiger partial charge in [0.05, 0.1) is 5.69 Å². The fraction of sp³-hybridized carbons (Fsp3) is 0.176. The van der Waals surface area contributed by atoms with Crippen LogP contribution in [0.1, 0.15) is 16.7 Å². The van der Waals surface area contributed by atoms with E-state index in [1.807, 2.05) is 6.07 Å². The lowest BCUT2D eigenvalue weighted by Crippen LogP contribution is -1.98. The fourth-order valence-corrected chi connectivity index (χ4v) is 2.65. The summed E-state index contributed by atoms with van der Waals surface area (Å²) in [5, 5.41) is 1.22. The third-order valence-electron chi connectivity index (χ3n) is 3.68. The molecule has 3 rings (SSSR count). The molecule has 0 saturated carbocycles. The summed E-state index contributed by atoms with van der Waals surface area (Å²) in [6, 6.07) is 14.9. The van der Waals surface area contributed by atoms with Gasteiger partial charge in [-0.2, -0.15) is 0 Å². The van der Waals surface area contributed by atoms with E-state index in [1.165, 1.54) is 27.6 Å². The molecule has 1 aromatic heterocycles. The van der Waals surface area contributed by atoms with Gasteiger partial charge in [0.15, 0.2) is 0 Å². The zero-order valence-corrected chi connectivity index (χ0v) is 11.3. The van der Waals surface area contributed by atoms with Crippen molar-refractivity contribution >= 4 is 10.9 Å². The first-order valence-corrected chi connectivity index (χ1v) is 6.58. The number of aromatic amines is 1. The molecule has 1 heterocycles. The largest absolute Gasteiger partial charge is 0.354 e. The molecule has 0 aliphatic rings. The topological polar surface area (TPSA) is 41.8 Å². The van der Waals surface area contributed by atoms with Gasteiger partial charge >= 0.3 is 0 Å². The SMILES string of the molecule is Cc1ccc(C)c(-c2[nH]c3ccccc3c2CN)c1. The number of H-pyrrole nitrogens is 1. The van der Waals surface area contributed by atoms with E-state index in [1.54, 1.807) is 0 Å². The third kappa shape index (κ3) is 1.94. The third-order valence-corrected chi connectivity index (χ3v) is 3.68. The predicted molar refractivity (Wildman–Crippen MR) is 81.1 cm³/mol. The van der Waals surface area contributed by atoms with Gasteiger partial charge in [0.25, 0.3) is 0 Å². The molecular formula is C17H18N2. The molecule has 0 bridgehead atoms. The lowest BCUT2D eigenvalue weighted by atomic mass is 9.99. The minimum atomic E-state index is 0.548. The van der Waals surface area contributed by atoms with Crippen LogP contribution in [0, 0.1) is 13.8 Å². The second-order valence-corrected chi connectivity index (χ2v) is 5.05. The van der Waals surface area contributed by atoms with Gasteiger partial charge in [-0.3, -0.25) is 0 Å². The lowest BCUT2D eigenvalue weighted by molar-refractivity contribution is 1.08. The van der Waals surface area contributed by atoms with Crippen molar-refractivity contribution in [1.29, 1.82) is 0 Å². The van der Waals surface area contributed by atoms with Crippen molar-refractivity contribution in [3.63, 3.8) is 0 Å². The molecule has 0 saturated heterocycles. The quantitative estimate of drug-likeness (QED) is 0.711. The molecule has 0 spiro atoms. The number of fused-ring (bicyclic) bond motifs is 1. The number of benzene rings is 2. The molecule has 19 heavy (non-hydrogen) atoms. The maximum Gasteiger partial charge on any atom is 0.0513 e. The van der Waals surface area contributed by atoms with Crippen molar-refractivity contribution in [3.8, 4) is 11.3 Å². The second kappa shape index (κ2) is 4.56. The molecule has 0 radical (unpaired) electrons. The molecule has 3 N–H and O–H groups in total. The number of rotatable bonds is 2. The van der Waals surface area contributed by atoms with Crippen LogP contribution >= 0.6 is 0 Å². The van der Waals surface area contributed by atoms with Gasteiger partial charge in [0.2, 0.25) is 0 Å². The van der Waals surface area contributed by atoms with Gasteiger partial charge in [-0.1, -0.05) is 35.9 Å². The average Bonchev–Trinajstić information content (AvgIpc) is 2.79. The van der Waals surface area contributed by atoms with Crippen LogP contribution in [0.5, 0.6) is 0 Å².